The SMILES string of the molecule is Nc1ncnc2c([C@H]3C[C@H](O)C(CO)(CO)O3)cnn12. The summed E-state index contributed by atoms with van der Waals surface area (Å²) >= 11 is 0. The van der Waals surface area contributed by atoms with Crippen LogP contribution in [0.15, 0.2) is 12.5 Å². The Labute approximate surface area is 113 Å². The van der Waals surface area contributed by atoms with Crippen LogP contribution in [0.5, 0.6) is 0 Å². The average molecular weight is 281 g/mol. The summed E-state index contributed by atoms with van der Waals surface area (Å²) in [6, 6.07) is 0. The van der Waals surface area contributed by atoms with Crippen molar-refractivity contribution < 1.29 is 20.1 Å². The number of aromatic nitrogens is 4. The number of fused-ring (bicyclic) bond motifs is 1. The summed E-state index contributed by atoms with van der Waals surface area (Å²) in [5.41, 5.74) is 5.42. The fourth-order valence-corrected chi connectivity index (χ4v) is 2.43. The second-order valence-electron chi connectivity index (χ2n) is 4.81. The van der Waals surface area contributed by atoms with Crippen LogP contribution in [0.4, 0.5) is 5.95 Å². The zero-order chi connectivity index (χ0) is 14.3. The highest BCUT2D eigenvalue weighted by atomic mass is 16.6. The van der Waals surface area contributed by atoms with E-state index in [1.165, 1.54) is 17.0 Å². The maximum absolute atomic E-state index is 10.0. The van der Waals surface area contributed by atoms with Crippen molar-refractivity contribution in [2.45, 2.75) is 24.2 Å². The first kappa shape index (κ1) is 13.2. The number of ether oxygens (including phenoxy) is 1. The molecule has 0 amide bonds. The van der Waals surface area contributed by atoms with Crippen LogP contribution in [0.1, 0.15) is 18.1 Å². The van der Waals surface area contributed by atoms with Crippen LogP contribution >= 0.6 is 0 Å². The number of aliphatic hydroxyl groups excluding tert-OH is 3. The predicted octanol–water partition coefficient (Wildman–Crippen LogP) is -1.75. The minimum absolute atomic E-state index is 0.190. The summed E-state index contributed by atoms with van der Waals surface area (Å²) in [7, 11) is 0. The Morgan fingerprint density at radius 2 is 2.15 bits per heavy atom. The van der Waals surface area contributed by atoms with E-state index in [1.54, 1.807) is 0 Å². The molecular formula is C11H15N5O4. The molecular weight excluding hydrogens is 266 g/mol. The maximum atomic E-state index is 10.0. The van der Waals surface area contributed by atoms with Crippen molar-refractivity contribution >= 4 is 11.6 Å². The third kappa shape index (κ3) is 1.75. The van der Waals surface area contributed by atoms with Crippen molar-refractivity contribution in [3.8, 4) is 0 Å². The smallest absolute Gasteiger partial charge is 0.224 e. The van der Waals surface area contributed by atoms with Gasteiger partial charge >= 0.3 is 0 Å². The minimum Gasteiger partial charge on any atom is -0.393 e. The molecule has 1 aliphatic rings. The van der Waals surface area contributed by atoms with Crippen molar-refractivity contribution in [2.75, 3.05) is 18.9 Å². The Morgan fingerprint density at radius 1 is 1.40 bits per heavy atom. The molecule has 1 aliphatic heterocycles. The van der Waals surface area contributed by atoms with Crippen LogP contribution < -0.4 is 5.73 Å². The van der Waals surface area contributed by atoms with E-state index in [2.05, 4.69) is 15.1 Å². The van der Waals surface area contributed by atoms with E-state index >= 15 is 0 Å². The number of nitrogen functional groups attached to an aromatic ring is 1. The average Bonchev–Trinajstić information content (AvgIpc) is 3.01. The summed E-state index contributed by atoms with van der Waals surface area (Å²) in [6.45, 7) is -0.949. The van der Waals surface area contributed by atoms with Gasteiger partial charge in [0.25, 0.3) is 0 Å². The third-order valence-corrected chi connectivity index (χ3v) is 3.66. The quantitative estimate of drug-likeness (QED) is 0.519. The summed E-state index contributed by atoms with van der Waals surface area (Å²) < 4.78 is 7.01. The van der Waals surface area contributed by atoms with Gasteiger partial charge in [-0.15, -0.1) is 0 Å². The number of nitrogens with two attached hydrogens (primary N) is 1. The van der Waals surface area contributed by atoms with Gasteiger partial charge in [-0.3, -0.25) is 0 Å². The fourth-order valence-electron chi connectivity index (χ4n) is 2.43. The number of aliphatic hydroxyl groups is 3. The van der Waals surface area contributed by atoms with Gasteiger partial charge in [0.1, 0.15) is 11.9 Å². The topological polar surface area (TPSA) is 139 Å². The molecule has 9 heteroatoms. The van der Waals surface area contributed by atoms with Gasteiger partial charge in [0, 0.05) is 12.0 Å². The lowest BCUT2D eigenvalue weighted by atomic mass is 9.97. The highest BCUT2D eigenvalue weighted by Crippen LogP contribution is 2.40. The van der Waals surface area contributed by atoms with E-state index < -0.39 is 31.0 Å². The molecule has 0 radical (unpaired) electrons. The van der Waals surface area contributed by atoms with Crippen LogP contribution in [0, 0.1) is 0 Å². The second-order valence-corrected chi connectivity index (χ2v) is 4.81. The molecule has 2 aromatic rings. The number of nitrogens with zero attached hydrogens (tertiary/aromatic N) is 4. The van der Waals surface area contributed by atoms with Gasteiger partial charge in [0.05, 0.1) is 31.6 Å². The van der Waals surface area contributed by atoms with Gasteiger partial charge in [-0.05, 0) is 0 Å². The Balaban J connectivity index is 1.99. The molecule has 1 fully saturated rings. The lowest BCUT2D eigenvalue weighted by Crippen LogP contribution is -2.46. The van der Waals surface area contributed by atoms with Crippen molar-refractivity contribution in [3.05, 3.63) is 18.1 Å². The van der Waals surface area contributed by atoms with Crippen LogP contribution in [-0.4, -0.2) is 59.8 Å². The molecule has 2 aromatic heterocycles. The van der Waals surface area contributed by atoms with Crippen LogP contribution in [0.2, 0.25) is 0 Å². The Kier molecular flexibility index (Phi) is 3.05. The van der Waals surface area contributed by atoms with E-state index in [9.17, 15) is 15.3 Å². The predicted molar refractivity (Wildman–Crippen MR) is 66.5 cm³/mol. The van der Waals surface area contributed by atoms with Gasteiger partial charge in [-0.25, -0.2) is 9.97 Å². The summed E-state index contributed by atoms with van der Waals surface area (Å²) in [6.07, 6.45) is 1.56. The number of hydrogen-bond acceptors (Lipinski definition) is 8. The number of hydrogen-bond donors (Lipinski definition) is 4. The third-order valence-electron chi connectivity index (χ3n) is 3.66. The van der Waals surface area contributed by atoms with E-state index in [4.69, 9.17) is 10.5 Å². The standard InChI is InChI=1S/C11H15N5O4/c12-10-14-5-13-9-6(2-15-16(9)10)7-1-8(19)11(3-17,4-18)20-7/h2,5,7-8,17-19H,1,3-4H2,(H2,12,13,14)/t7-,8+/m1/s1. The van der Waals surface area contributed by atoms with Crippen molar-refractivity contribution in [3.63, 3.8) is 0 Å². The van der Waals surface area contributed by atoms with Gasteiger partial charge in [-0.1, -0.05) is 0 Å². The normalized spacial score (nSPS) is 25.4. The van der Waals surface area contributed by atoms with Crippen LogP contribution in [0.25, 0.3) is 5.65 Å². The second kappa shape index (κ2) is 4.63. The van der Waals surface area contributed by atoms with E-state index in [1.807, 2.05) is 0 Å². The number of anilines is 1. The molecule has 5 N–H and O–H groups in total. The van der Waals surface area contributed by atoms with E-state index in [-0.39, 0.29) is 12.4 Å². The lowest BCUT2D eigenvalue weighted by molar-refractivity contribution is -0.136. The molecule has 0 spiro atoms. The fraction of sp³-hybridized carbons (Fsp3) is 0.545. The van der Waals surface area contributed by atoms with Crippen molar-refractivity contribution in [2.24, 2.45) is 0 Å². The summed E-state index contributed by atoms with van der Waals surface area (Å²) in [5, 5.41) is 32.8. The Morgan fingerprint density at radius 3 is 2.80 bits per heavy atom. The first-order valence-electron chi connectivity index (χ1n) is 6.13. The van der Waals surface area contributed by atoms with Crippen molar-refractivity contribution in [1.29, 1.82) is 0 Å². The molecule has 0 saturated carbocycles. The monoisotopic (exact) mass is 281 g/mol. The lowest BCUT2D eigenvalue weighted by Gasteiger charge is -2.27. The Bertz CT molecular complexity index is 626. The largest absolute Gasteiger partial charge is 0.393 e. The molecule has 3 rings (SSSR count). The van der Waals surface area contributed by atoms with Gasteiger partial charge < -0.3 is 25.8 Å². The molecule has 3 heterocycles. The molecule has 108 valence electrons. The highest BCUT2D eigenvalue weighted by Gasteiger charge is 2.48. The van der Waals surface area contributed by atoms with Crippen molar-refractivity contribution in [1.82, 2.24) is 19.6 Å². The summed E-state index contributed by atoms with van der Waals surface area (Å²) in [4.78, 5) is 7.91. The zero-order valence-electron chi connectivity index (χ0n) is 10.5. The van der Waals surface area contributed by atoms with E-state index in [0.29, 0.717) is 11.2 Å². The molecule has 0 aliphatic carbocycles. The molecule has 0 aromatic carbocycles. The number of rotatable bonds is 3. The molecule has 0 unspecified atom stereocenters. The minimum atomic E-state index is -1.36. The van der Waals surface area contributed by atoms with Gasteiger partial charge in [0.2, 0.25) is 5.95 Å². The molecule has 20 heavy (non-hydrogen) atoms. The van der Waals surface area contributed by atoms with Gasteiger partial charge in [-0.2, -0.15) is 9.61 Å². The van der Waals surface area contributed by atoms with E-state index in [0.717, 1.165) is 0 Å². The first-order valence-corrected chi connectivity index (χ1v) is 6.13. The zero-order valence-corrected chi connectivity index (χ0v) is 10.5. The Hall–Kier alpha value is -1.81. The summed E-state index contributed by atoms with van der Waals surface area (Å²) in [5.74, 6) is 0.190. The highest BCUT2D eigenvalue weighted by molar-refractivity contribution is 5.50. The van der Waals surface area contributed by atoms with Crippen LogP contribution in [-0.2, 0) is 4.74 Å². The molecule has 0 bridgehead atoms. The maximum Gasteiger partial charge on any atom is 0.224 e. The first-order chi connectivity index (χ1) is 9.61. The molecule has 2 atom stereocenters. The molecule has 1 saturated heterocycles. The van der Waals surface area contributed by atoms with Crippen LogP contribution in [0.3, 0.4) is 0 Å². The molecule has 9 nitrogen and oxygen atoms in total. The van der Waals surface area contributed by atoms with Gasteiger partial charge in [0.15, 0.2) is 5.65 Å².